The highest BCUT2D eigenvalue weighted by Gasteiger charge is 2.16. The van der Waals surface area contributed by atoms with Crippen molar-refractivity contribution in [2.75, 3.05) is 26.2 Å². The number of aromatic nitrogens is 4. The fourth-order valence-corrected chi connectivity index (χ4v) is 4.79. The first-order valence-corrected chi connectivity index (χ1v) is 13.0. The Morgan fingerprint density at radius 2 is 1.80 bits per heavy atom. The smallest absolute Gasteiger partial charge is 0.262 e. The number of thioether (sulfide) groups is 1. The fourth-order valence-electron chi connectivity index (χ4n) is 3.93. The lowest BCUT2D eigenvalue weighted by Crippen LogP contribution is -2.28. The van der Waals surface area contributed by atoms with E-state index in [-0.39, 0.29) is 5.56 Å². The summed E-state index contributed by atoms with van der Waals surface area (Å²) in [4.78, 5) is 25.0. The predicted molar refractivity (Wildman–Crippen MR) is 139 cm³/mol. The van der Waals surface area contributed by atoms with Crippen molar-refractivity contribution in [1.82, 2.24) is 24.6 Å². The molecule has 0 radical (unpaired) electrons. The molecule has 0 aliphatic heterocycles. The normalized spacial score (nSPS) is 11.4. The minimum atomic E-state index is -0.0190. The molecule has 184 valence electrons. The Morgan fingerprint density at radius 3 is 2.60 bits per heavy atom. The summed E-state index contributed by atoms with van der Waals surface area (Å²) >= 11 is 1.43. The molecule has 0 aliphatic carbocycles. The Morgan fingerprint density at radius 1 is 1.03 bits per heavy atom. The zero-order valence-corrected chi connectivity index (χ0v) is 21.3. The summed E-state index contributed by atoms with van der Waals surface area (Å²) in [6.45, 7) is 10.3. The molecular weight excluding hydrogens is 462 g/mol. The summed E-state index contributed by atoms with van der Waals surface area (Å²) in [6, 6.07) is 15.1. The van der Waals surface area contributed by atoms with Crippen LogP contribution in [-0.2, 0) is 12.3 Å². The van der Waals surface area contributed by atoms with Crippen LogP contribution in [0.25, 0.3) is 22.3 Å². The molecule has 0 saturated carbocycles. The molecule has 0 amide bonds. The Balaban J connectivity index is 1.56. The summed E-state index contributed by atoms with van der Waals surface area (Å²) in [6.07, 6.45) is 0.869. The molecule has 2 aromatic heterocycles. The number of benzene rings is 2. The second-order valence-electron chi connectivity index (χ2n) is 7.98. The highest BCUT2D eigenvalue weighted by Crippen LogP contribution is 2.29. The van der Waals surface area contributed by atoms with Gasteiger partial charge in [-0.15, -0.1) is 0 Å². The molecule has 0 saturated heterocycles. The number of hydrogen-bond donors (Lipinski definition) is 0. The van der Waals surface area contributed by atoms with Crippen molar-refractivity contribution in [3.8, 4) is 17.1 Å². The van der Waals surface area contributed by atoms with E-state index in [1.165, 1.54) is 11.8 Å². The Bertz CT molecular complexity index is 1320. The molecule has 2 heterocycles. The van der Waals surface area contributed by atoms with Crippen LogP contribution in [0.4, 0.5) is 0 Å². The van der Waals surface area contributed by atoms with Crippen LogP contribution in [-0.4, -0.2) is 50.8 Å². The van der Waals surface area contributed by atoms with Gasteiger partial charge in [-0.1, -0.05) is 55.0 Å². The van der Waals surface area contributed by atoms with E-state index in [9.17, 15) is 4.79 Å². The first-order valence-electron chi connectivity index (χ1n) is 12.0. The fraction of sp³-hybridized carbons (Fsp3) is 0.385. The van der Waals surface area contributed by atoms with E-state index in [0.29, 0.717) is 52.4 Å². The second-order valence-corrected chi connectivity index (χ2v) is 8.92. The van der Waals surface area contributed by atoms with Crippen LogP contribution in [0.5, 0.6) is 5.75 Å². The maximum atomic E-state index is 13.3. The lowest BCUT2D eigenvalue weighted by Gasteiger charge is -2.19. The van der Waals surface area contributed by atoms with E-state index < -0.39 is 0 Å². The average Bonchev–Trinajstić information content (AvgIpc) is 3.36. The maximum absolute atomic E-state index is 13.3. The van der Waals surface area contributed by atoms with Gasteiger partial charge in [-0.2, -0.15) is 4.98 Å². The van der Waals surface area contributed by atoms with Gasteiger partial charge in [0, 0.05) is 6.54 Å². The average molecular weight is 494 g/mol. The topological polar surface area (TPSA) is 86.3 Å². The number of fused-ring (bicyclic) bond motifs is 1. The van der Waals surface area contributed by atoms with Gasteiger partial charge in [0.2, 0.25) is 11.7 Å². The van der Waals surface area contributed by atoms with Gasteiger partial charge in [-0.3, -0.25) is 9.36 Å². The maximum Gasteiger partial charge on any atom is 0.262 e. The molecule has 8 nitrogen and oxygen atoms in total. The third-order valence-electron chi connectivity index (χ3n) is 5.80. The molecule has 0 N–H and O–H groups in total. The monoisotopic (exact) mass is 493 g/mol. The Labute approximate surface area is 209 Å². The van der Waals surface area contributed by atoms with Crippen molar-refractivity contribution in [1.29, 1.82) is 0 Å². The van der Waals surface area contributed by atoms with Crippen molar-refractivity contribution >= 4 is 22.7 Å². The van der Waals surface area contributed by atoms with Gasteiger partial charge in [-0.05, 0) is 57.2 Å². The first-order chi connectivity index (χ1) is 17.1. The zero-order valence-electron chi connectivity index (χ0n) is 20.4. The minimum absolute atomic E-state index is 0.0190. The first kappa shape index (κ1) is 24.9. The minimum Gasteiger partial charge on any atom is -0.493 e. The number of ether oxygens (including phenoxy) is 1. The number of rotatable bonds is 12. The quantitative estimate of drug-likeness (QED) is 0.204. The van der Waals surface area contributed by atoms with Crippen LogP contribution in [0.1, 0.15) is 33.1 Å². The van der Waals surface area contributed by atoms with Gasteiger partial charge in [0.1, 0.15) is 5.75 Å². The Hall–Kier alpha value is -3.17. The molecule has 35 heavy (non-hydrogen) atoms. The van der Waals surface area contributed by atoms with Crippen LogP contribution in [0.3, 0.4) is 0 Å². The zero-order chi connectivity index (χ0) is 24.6. The lowest BCUT2D eigenvalue weighted by molar-refractivity contribution is 0.290. The van der Waals surface area contributed by atoms with Gasteiger partial charge in [-0.25, -0.2) is 4.98 Å². The summed E-state index contributed by atoms with van der Waals surface area (Å²) in [5.74, 6) is 2.07. The third-order valence-corrected chi connectivity index (χ3v) is 6.76. The summed E-state index contributed by atoms with van der Waals surface area (Å²) < 4.78 is 13.0. The van der Waals surface area contributed by atoms with Crippen LogP contribution in [0, 0.1) is 0 Å². The molecule has 0 fully saturated rings. The summed E-state index contributed by atoms with van der Waals surface area (Å²) in [5, 5.41) is 5.43. The van der Waals surface area contributed by atoms with Crippen LogP contribution in [0.15, 0.2) is 63.0 Å². The number of hydrogen-bond acceptors (Lipinski definition) is 8. The Kier molecular flexibility index (Phi) is 8.54. The van der Waals surface area contributed by atoms with E-state index in [1.54, 1.807) is 4.57 Å². The van der Waals surface area contributed by atoms with Crippen molar-refractivity contribution in [2.24, 2.45) is 0 Å². The molecule has 2 aromatic carbocycles. The van der Waals surface area contributed by atoms with Gasteiger partial charge < -0.3 is 14.2 Å². The number of para-hydroxylation sites is 2. The number of nitrogens with zero attached hydrogens (tertiary/aromatic N) is 5. The second kappa shape index (κ2) is 12.0. The van der Waals surface area contributed by atoms with E-state index in [0.717, 1.165) is 31.6 Å². The van der Waals surface area contributed by atoms with Crippen molar-refractivity contribution in [2.45, 2.75) is 44.6 Å². The summed E-state index contributed by atoms with van der Waals surface area (Å²) in [5.41, 5.74) is 1.46. The molecule has 4 rings (SSSR count). The predicted octanol–water partition coefficient (Wildman–Crippen LogP) is 4.87. The van der Waals surface area contributed by atoms with Gasteiger partial charge in [0.05, 0.1) is 28.8 Å². The molecule has 9 heteroatoms. The lowest BCUT2D eigenvalue weighted by atomic mass is 10.2. The standard InChI is InChI=1S/C26H31N5O3S/c1-4-30(5-2)16-11-17-31-25(32)19-12-7-9-14-21(19)27-26(31)35-18-23-28-24(29-34-23)20-13-8-10-15-22(20)33-6-3/h7-10,12-15H,4-6,11,16-18H2,1-3H3. The molecule has 0 bridgehead atoms. The molecule has 4 aromatic rings. The van der Waals surface area contributed by atoms with Crippen LogP contribution < -0.4 is 10.3 Å². The van der Waals surface area contributed by atoms with Crippen LogP contribution in [0.2, 0.25) is 0 Å². The van der Waals surface area contributed by atoms with Crippen molar-refractivity contribution < 1.29 is 9.26 Å². The molecular formula is C26H31N5O3S. The highest BCUT2D eigenvalue weighted by atomic mass is 32.2. The van der Waals surface area contributed by atoms with E-state index >= 15 is 0 Å². The molecule has 0 aliphatic rings. The molecule has 0 unspecified atom stereocenters. The van der Waals surface area contributed by atoms with Gasteiger partial charge in [0.15, 0.2) is 5.16 Å². The van der Waals surface area contributed by atoms with Gasteiger partial charge >= 0.3 is 0 Å². The largest absolute Gasteiger partial charge is 0.493 e. The third kappa shape index (κ3) is 5.91. The highest BCUT2D eigenvalue weighted by molar-refractivity contribution is 7.98. The van der Waals surface area contributed by atoms with E-state index in [1.807, 2.05) is 55.5 Å². The molecule has 0 spiro atoms. The summed E-state index contributed by atoms with van der Waals surface area (Å²) in [7, 11) is 0. The van der Waals surface area contributed by atoms with Crippen LogP contribution >= 0.6 is 11.8 Å². The molecule has 0 atom stereocenters. The van der Waals surface area contributed by atoms with E-state index in [2.05, 4.69) is 28.9 Å². The van der Waals surface area contributed by atoms with Crippen molar-refractivity contribution in [3.63, 3.8) is 0 Å². The SMILES string of the molecule is CCOc1ccccc1-c1noc(CSc2nc3ccccc3c(=O)n2CCCN(CC)CC)n1. The van der Waals surface area contributed by atoms with Gasteiger partial charge in [0.25, 0.3) is 5.56 Å². The van der Waals surface area contributed by atoms with Crippen molar-refractivity contribution in [3.05, 3.63) is 64.8 Å². The van der Waals surface area contributed by atoms with E-state index in [4.69, 9.17) is 14.2 Å².